The zero-order chi connectivity index (χ0) is 20.3. The highest BCUT2D eigenvalue weighted by molar-refractivity contribution is 6.19. The minimum absolute atomic E-state index is 0.0215. The van der Waals surface area contributed by atoms with Gasteiger partial charge in [-0.15, -0.1) is 0 Å². The van der Waals surface area contributed by atoms with E-state index in [2.05, 4.69) is 0 Å². The molecule has 0 radical (unpaired) electrons. The number of phenols is 1. The molecule has 29 heavy (non-hydrogen) atoms. The summed E-state index contributed by atoms with van der Waals surface area (Å²) in [6.07, 6.45) is 0. The van der Waals surface area contributed by atoms with Crippen LogP contribution in [0.3, 0.4) is 0 Å². The second-order valence-corrected chi connectivity index (χ2v) is 6.37. The predicted molar refractivity (Wildman–Crippen MR) is 97.2 cm³/mol. The van der Waals surface area contributed by atoms with Crippen molar-refractivity contribution in [3.8, 4) is 39.9 Å². The lowest BCUT2D eigenvalue weighted by Gasteiger charge is -2.17. The summed E-state index contributed by atoms with van der Waals surface area (Å²) < 4.78 is 21.6. The third kappa shape index (κ3) is 2.34. The average molecular weight is 396 g/mol. The molecular weight excluding hydrogens is 384 g/mol. The Balaban J connectivity index is 1.98. The lowest BCUT2D eigenvalue weighted by atomic mass is 9.88. The number of benzene rings is 3. The molecule has 0 atom stereocenters. The van der Waals surface area contributed by atoms with Crippen molar-refractivity contribution >= 4 is 22.7 Å². The van der Waals surface area contributed by atoms with E-state index >= 15 is 0 Å². The van der Waals surface area contributed by atoms with Crippen molar-refractivity contribution in [2.75, 3.05) is 13.6 Å². The van der Waals surface area contributed by atoms with Crippen LogP contribution in [0, 0.1) is 0 Å². The first-order chi connectivity index (χ1) is 14.0. The summed E-state index contributed by atoms with van der Waals surface area (Å²) in [6.45, 7) is -0.0630. The monoisotopic (exact) mass is 396 g/mol. The van der Waals surface area contributed by atoms with Gasteiger partial charge in [0.05, 0.1) is 5.56 Å². The van der Waals surface area contributed by atoms with E-state index in [1.807, 2.05) is 0 Å². The van der Waals surface area contributed by atoms with Crippen molar-refractivity contribution in [2.45, 2.75) is 0 Å². The number of aromatic hydroxyl groups is 1. The molecule has 5 rings (SSSR count). The van der Waals surface area contributed by atoms with Gasteiger partial charge in [-0.3, -0.25) is 0 Å². The second-order valence-electron chi connectivity index (χ2n) is 6.37. The molecule has 0 saturated heterocycles. The minimum Gasteiger partial charge on any atom is -0.506 e. The zero-order valence-corrected chi connectivity index (χ0v) is 14.6. The molecule has 0 fully saturated rings. The first kappa shape index (κ1) is 17.0. The zero-order valence-electron chi connectivity index (χ0n) is 14.6. The van der Waals surface area contributed by atoms with Gasteiger partial charge in [0.1, 0.15) is 11.3 Å². The Bertz CT molecular complexity index is 1230. The fraction of sp³-hybridized carbons (Fsp3) is 0.100. The maximum atomic E-state index is 12.1. The Morgan fingerprint density at radius 1 is 0.793 bits per heavy atom. The first-order valence-electron chi connectivity index (χ1n) is 8.45. The third-order valence-electron chi connectivity index (χ3n) is 4.87. The van der Waals surface area contributed by atoms with Gasteiger partial charge in [0.25, 0.3) is 0 Å². The van der Waals surface area contributed by atoms with Crippen LogP contribution in [-0.2, 0) is 0 Å². The smallest absolute Gasteiger partial charge is 0.340 e. The maximum Gasteiger partial charge on any atom is 0.340 e. The van der Waals surface area contributed by atoms with Gasteiger partial charge in [-0.1, -0.05) is 6.07 Å². The topological polar surface area (TPSA) is 132 Å². The summed E-state index contributed by atoms with van der Waals surface area (Å²) in [7, 11) is 0. The van der Waals surface area contributed by atoms with Crippen molar-refractivity contribution in [3.63, 3.8) is 0 Å². The Morgan fingerprint density at radius 3 is 2.21 bits per heavy atom. The van der Waals surface area contributed by atoms with E-state index in [9.17, 15) is 24.9 Å². The summed E-state index contributed by atoms with van der Waals surface area (Å²) >= 11 is 0. The highest BCUT2D eigenvalue weighted by atomic mass is 16.7. The van der Waals surface area contributed by atoms with Crippen LogP contribution >= 0.6 is 0 Å². The number of carboxylic acids is 2. The van der Waals surface area contributed by atoms with Crippen molar-refractivity contribution in [1.82, 2.24) is 0 Å². The summed E-state index contributed by atoms with van der Waals surface area (Å²) in [6, 6.07) is 7.74. The van der Waals surface area contributed by atoms with Gasteiger partial charge in [0, 0.05) is 16.3 Å². The summed E-state index contributed by atoms with van der Waals surface area (Å²) in [4.78, 5) is 24.0. The fourth-order valence-electron chi connectivity index (χ4n) is 3.68. The van der Waals surface area contributed by atoms with Gasteiger partial charge in [0.2, 0.25) is 13.6 Å². The van der Waals surface area contributed by atoms with Gasteiger partial charge in [-0.05, 0) is 29.8 Å². The molecule has 3 N–H and O–H groups in total. The molecule has 0 amide bonds. The molecule has 9 heteroatoms. The first-order valence-corrected chi connectivity index (χ1v) is 8.45. The molecule has 9 nitrogen and oxygen atoms in total. The number of carboxylic acid groups (broad SMARTS) is 2. The Hall–Kier alpha value is -4.14. The molecule has 0 bridgehead atoms. The fourth-order valence-corrected chi connectivity index (χ4v) is 3.68. The van der Waals surface area contributed by atoms with E-state index in [0.717, 1.165) is 0 Å². The molecule has 0 aliphatic carbocycles. The highest BCUT2D eigenvalue weighted by Crippen LogP contribution is 2.50. The predicted octanol–water partition coefficient (Wildman–Crippen LogP) is 3.07. The average Bonchev–Trinajstić information content (AvgIpc) is 3.35. The van der Waals surface area contributed by atoms with Gasteiger partial charge >= 0.3 is 11.9 Å². The van der Waals surface area contributed by atoms with E-state index in [-0.39, 0.29) is 35.7 Å². The van der Waals surface area contributed by atoms with E-state index in [4.69, 9.17) is 18.9 Å². The molecule has 2 heterocycles. The minimum atomic E-state index is -1.57. The Kier molecular flexibility index (Phi) is 3.47. The van der Waals surface area contributed by atoms with Crippen molar-refractivity contribution in [3.05, 3.63) is 41.5 Å². The van der Waals surface area contributed by atoms with Gasteiger partial charge < -0.3 is 34.3 Å². The normalized spacial score (nSPS) is 13.7. The molecule has 3 aromatic rings. The largest absolute Gasteiger partial charge is 0.506 e. The van der Waals surface area contributed by atoms with Crippen LogP contribution in [0.4, 0.5) is 0 Å². The molecule has 0 unspecified atom stereocenters. The van der Waals surface area contributed by atoms with Crippen LogP contribution in [0.2, 0.25) is 0 Å². The van der Waals surface area contributed by atoms with E-state index in [1.165, 1.54) is 12.1 Å². The molecule has 146 valence electrons. The van der Waals surface area contributed by atoms with Crippen molar-refractivity contribution in [2.24, 2.45) is 0 Å². The molecule has 0 saturated carbocycles. The van der Waals surface area contributed by atoms with Crippen molar-refractivity contribution < 1.29 is 43.9 Å². The second kappa shape index (κ2) is 5.93. The summed E-state index contributed by atoms with van der Waals surface area (Å²) in [5.74, 6) is -2.28. The molecule has 0 spiro atoms. The lowest BCUT2D eigenvalue weighted by molar-refractivity contribution is 0.0649. The van der Waals surface area contributed by atoms with E-state index in [1.54, 1.807) is 18.2 Å². The molecule has 2 aliphatic heterocycles. The van der Waals surface area contributed by atoms with Crippen molar-refractivity contribution in [1.29, 1.82) is 0 Å². The van der Waals surface area contributed by atoms with Gasteiger partial charge in [-0.2, -0.15) is 0 Å². The van der Waals surface area contributed by atoms with Crippen LogP contribution in [-0.4, -0.2) is 40.8 Å². The SMILES string of the molecule is O=C(O)c1c(C(=O)O)c(-c2ccc3c(c2)OCO3)c2c3c(ccc2c1O)OCO3. The van der Waals surface area contributed by atoms with Gasteiger partial charge in [-0.25, -0.2) is 9.59 Å². The van der Waals surface area contributed by atoms with E-state index < -0.39 is 28.8 Å². The molecular formula is C20H12O9. The highest BCUT2D eigenvalue weighted by Gasteiger charge is 2.32. The lowest BCUT2D eigenvalue weighted by Crippen LogP contribution is -2.11. The standard InChI is InChI=1S/C20H12O9/c21-17-9-2-4-11-18(29-7-27-11)14(9)13(15(19(22)23)16(17)20(24)25)8-1-3-10-12(5-8)28-6-26-10/h1-5,21H,6-7H2,(H,22,23)(H,24,25). The molecule has 2 aliphatic rings. The molecule has 3 aromatic carbocycles. The number of aromatic carboxylic acids is 2. The summed E-state index contributed by atoms with van der Waals surface area (Å²) in [5, 5.41) is 30.5. The number of fused-ring (bicyclic) bond motifs is 4. The number of hydrogen-bond donors (Lipinski definition) is 3. The number of ether oxygens (including phenoxy) is 4. The quantitative estimate of drug-likeness (QED) is 0.611. The Morgan fingerprint density at radius 2 is 1.45 bits per heavy atom. The van der Waals surface area contributed by atoms with Crippen LogP contribution in [0.1, 0.15) is 20.7 Å². The van der Waals surface area contributed by atoms with Crippen LogP contribution in [0.5, 0.6) is 28.7 Å². The number of rotatable bonds is 3. The van der Waals surface area contributed by atoms with Crippen LogP contribution in [0.25, 0.3) is 21.9 Å². The molecule has 0 aromatic heterocycles. The number of carbonyl (C=O) groups is 2. The maximum absolute atomic E-state index is 12.1. The number of hydrogen-bond acceptors (Lipinski definition) is 7. The third-order valence-corrected chi connectivity index (χ3v) is 4.87. The van der Waals surface area contributed by atoms with E-state index in [0.29, 0.717) is 22.8 Å². The van der Waals surface area contributed by atoms with Crippen LogP contribution < -0.4 is 18.9 Å². The summed E-state index contributed by atoms with van der Waals surface area (Å²) in [5.41, 5.74) is -0.840. The van der Waals surface area contributed by atoms with Gasteiger partial charge in [0.15, 0.2) is 23.0 Å². The Labute approximate surface area is 162 Å². The van der Waals surface area contributed by atoms with Crippen LogP contribution in [0.15, 0.2) is 30.3 Å².